The summed E-state index contributed by atoms with van der Waals surface area (Å²) in [5.74, 6) is 0.403. The van der Waals surface area contributed by atoms with Gasteiger partial charge in [0.05, 0.1) is 0 Å². The number of amides is 2. The number of likely N-dealkylation sites (tertiary alicyclic amines) is 1. The van der Waals surface area contributed by atoms with E-state index in [1.165, 1.54) is 5.69 Å². The third kappa shape index (κ3) is 7.51. The third-order valence-corrected chi connectivity index (χ3v) is 6.70. The Morgan fingerprint density at radius 1 is 1.09 bits per heavy atom. The van der Waals surface area contributed by atoms with Gasteiger partial charge in [-0.05, 0) is 55.5 Å². The van der Waals surface area contributed by atoms with Gasteiger partial charge in [0.2, 0.25) is 11.8 Å². The number of rotatable bonds is 12. The zero-order chi connectivity index (χ0) is 24.3. The Morgan fingerprint density at radius 3 is 2.38 bits per heavy atom. The van der Waals surface area contributed by atoms with Gasteiger partial charge >= 0.3 is 0 Å². The monoisotopic (exact) mass is 465 g/mol. The van der Waals surface area contributed by atoms with Gasteiger partial charge in [-0.15, -0.1) is 0 Å². The van der Waals surface area contributed by atoms with Crippen LogP contribution in [0, 0.1) is 5.92 Å². The predicted molar refractivity (Wildman–Crippen MR) is 137 cm³/mol. The summed E-state index contributed by atoms with van der Waals surface area (Å²) in [5.41, 5.74) is 7.69. The van der Waals surface area contributed by atoms with Crippen molar-refractivity contribution >= 4 is 17.5 Å². The lowest BCUT2D eigenvalue weighted by atomic mass is 10.00. The summed E-state index contributed by atoms with van der Waals surface area (Å²) in [4.78, 5) is 28.3. The lowest BCUT2D eigenvalue weighted by Crippen LogP contribution is -2.47. The number of primary amides is 1. The van der Waals surface area contributed by atoms with E-state index < -0.39 is 0 Å². The van der Waals surface area contributed by atoms with Crippen LogP contribution in [-0.2, 0) is 16.2 Å². The first-order chi connectivity index (χ1) is 16.5. The van der Waals surface area contributed by atoms with Crippen LogP contribution in [0.2, 0.25) is 0 Å². The molecule has 184 valence electrons. The molecule has 6 heteroatoms. The zero-order valence-electron chi connectivity index (χ0n) is 20.6. The van der Waals surface area contributed by atoms with E-state index in [1.807, 2.05) is 23.1 Å². The molecule has 0 aromatic heterocycles. The first-order valence-electron chi connectivity index (χ1n) is 12.6. The molecule has 0 bridgehead atoms. The lowest BCUT2D eigenvalue weighted by Gasteiger charge is -2.40. The fourth-order valence-corrected chi connectivity index (χ4v) is 4.39. The van der Waals surface area contributed by atoms with Crippen molar-refractivity contribution in [2.24, 2.45) is 11.7 Å². The summed E-state index contributed by atoms with van der Waals surface area (Å²) in [6.45, 7) is 7.09. The molecule has 2 N–H and O–H groups in total. The molecule has 2 aromatic carbocycles. The Kier molecular flexibility index (Phi) is 9.80. The van der Waals surface area contributed by atoms with Crippen LogP contribution in [0.5, 0.6) is 5.75 Å². The van der Waals surface area contributed by atoms with Crippen molar-refractivity contribution < 1.29 is 14.3 Å². The third-order valence-electron chi connectivity index (χ3n) is 6.70. The number of hydrogen-bond acceptors (Lipinski definition) is 4. The molecule has 0 saturated carbocycles. The van der Waals surface area contributed by atoms with Gasteiger partial charge in [0.25, 0.3) is 0 Å². The molecule has 1 heterocycles. The van der Waals surface area contributed by atoms with Crippen molar-refractivity contribution in [3.8, 4) is 5.75 Å². The fraction of sp³-hybridized carbons (Fsp3) is 0.500. The first-order valence-corrected chi connectivity index (χ1v) is 12.6. The highest BCUT2D eigenvalue weighted by atomic mass is 16.5. The van der Waals surface area contributed by atoms with Crippen LogP contribution < -0.4 is 15.4 Å². The summed E-state index contributed by atoms with van der Waals surface area (Å²) in [6.07, 6.45) is 5.09. The van der Waals surface area contributed by atoms with Crippen LogP contribution in [-0.4, -0.2) is 42.4 Å². The quantitative estimate of drug-likeness (QED) is 0.490. The number of nitrogens with zero attached hydrogens (tertiary/aromatic N) is 2. The van der Waals surface area contributed by atoms with E-state index in [9.17, 15) is 9.59 Å². The normalized spacial score (nSPS) is 15.1. The van der Waals surface area contributed by atoms with Crippen molar-refractivity contribution in [1.82, 2.24) is 4.90 Å². The minimum atomic E-state index is -0.338. The fourth-order valence-electron chi connectivity index (χ4n) is 4.39. The SMILES string of the molecule is CCCCN(c1ccc(OCc2ccccc2)cc1)C1CCN(C(=O)CCC(C)C(N)=O)CC1. The first kappa shape index (κ1) is 25.6. The number of unbranched alkanes of at least 4 members (excludes halogenated alkanes) is 1. The van der Waals surface area contributed by atoms with Crippen LogP contribution in [0.4, 0.5) is 5.69 Å². The van der Waals surface area contributed by atoms with E-state index in [2.05, 4.69) is 48.2 Å². The summed E-state index contributed by atoms with van der Waals surface area (Å²) in [6, 6.07) is 19.0. The summed E-state index contributed by atoms with van der Waals surface area (Å²) in [7, 11) is 0. The summed E-state index contributed by atoms with van der Waals surface area (Å²) >= 11 is 0. The van der Waals surface area contributed by atoms with Crippen LogP contribution in [0.3, 0.4) is 0 Å². The molecule has 34 heavy (non-hydrogen) atoms. The average Bonchev–Trinajstić information content (AvgIpc) is 2.87. The van der Waals surface area contributed by atoms with Gasteiger partial charge in [0.15, 0.2) is 0 Å². The summed E-state index contributed by atoms with van der Waals surface area (Å²) in [5, 5.41) is 0. The van der Waals surface area contributed by atoms with Crippen LogP contribution >= 0.6 is 0 Å². The standard InChI is InChI=1S/C28H39N3O3/c1-3-4-18-31(24-11-13-26(14-12-24)34-21-23-8-6-5-7-9-23)25-16-19-30(20-17-25)27(32)15-10-22(2)28(29)33/h5-9,11-14,22,25H,3-4,10,15-21H2,1-2H3,(H2,29,33). The van der Waals surface area contributed by atoms with Crippen molar-refractivity contribution in [3.63, 3.8) is 0 Å². The minimum absolute atomic E-state index is 0.131. The van der Waals surface area contributed by atoms with Crippen LogP contribution in [0.1, 0.15) is 57.9 Å². The molecule has 2 amide bonds. The van der Waals surface area contributed by atoms with E-state index in [4.69, 9.17) is 10.5 Å². The highest BCUT2D eigenvalue weighted by Crippen LogP contribution is 2.27. The maximum atomic E-state index is 12.6. The number of nitrogens with two attached hydrogens (primary N) is 1. The number of anilines is 1. The molecule has 1 unspecified atom stereocenters. The number of carbonyl (C=O) groups excluding carboxylic acids is 2. The molecule has 1 saturated heterocycles. The molecule has 1 aliphatic rings. The Morgan fingerprint density at radius 2 is 1.76 bits per heavy atom. The highest BCUT2D eigenvalue weighted by Gasteiger charge is 2.27. The largest absolute Gasteiger partial charge is 0.489 e. The van der Waals surface area contributed by atoms with Gasteiger partial charge in [-0.25, -0.2) is 0 Å². The Labute approximate surface area is 204 Å². The number of hydrogen-bond donors (Lipinski definition) is 1. The van der Waals surface area contributed by atoms with Crippen molar-refractivity contribution in [2.45, 2.75) is 65.0 Å². The molecule has 0 radical (unpaired) electrons. The highest BCUT2D eigenvalue weighted by molar-refractivity contribution is 5.79. The van der Waals surface area contributed by atoms with Gasteiger partial charge in [-0.1, -0.05) is 50.6 Å². The second-order valence-corrected chi connectivity index (χ2v) is 9.27. The summed E-state index contributed by atoms with van der Waals surface area (Å²) < 4.78 is 5.96. The molecule has 3 rings (SSSR count). The maximum Gasteiger partial charge on any atom is 0.222 e. The van der Waals surface area contributed by atoms with E-state index in [0.29, 0.717) is 25.5 Å². The number of ether oxygens (including phenoxy) is 1. The van der Waals surface area contributed by atoms with E-state index in [1.54, 1.807) is 6.92 Å². The van der Waals surface area contributed by atoms with Gasteiger partial charge in [-0.2, -0.15) is 0 Å². The zero-order valence-corrected chi connectivity index (χ0v) is 20.6. The van der Waals surface area contributed by atoms with Gasteiger partial charge in [-0.3, -0.25) is 9.59 Å². The number of benzene rings is 2. The van der Waals surface area contributed by atoms with Crippen molar-refractivity contribution in [3.05, 3.63) is 60.2 Å². The molecule has 1 aliphatic heterocycles. The van der Waals surface area contributed by atoms with Gasteiger partial charge in [0, 0.05) is 43.7 Å². The molecular formula is C28H39N3O3. The van der Waals surface area contributed by atoms with Crippen LogP contribution in [0.25, 0.3) is 0 Å². The second kappa shape index (κ2) is 13.0. The maximum absolute atomic E-state index is 12.6. The lowest BCUT2D eigenvalue weighted by molar-refractivity contribution is -0.132. The molecule has 1 atom stereocenters. The minimum Gasteiger partial charge on any atom is -0.489 e. The molecule has 6 nitrogen and oxygen atoms in total. The van der Waals surface area contributed by atoms with Crippen molar-refractivity contribution in [2.75, 3.05) is 24.5 Å². The molecule has 0 aliphatic carbocycles. The Hall–Kier alpha value is -3.02. The topological polar surface area (TPSA) is 75.9 Å². The van der Waals surface area contributed by atoms with Crippen LogP contribution in [0.15, 0.2) is 54.6 Å². The smallest absolute Gasteiger partial charge is 0.222 e. The number of piperidine rings is 1. The molecule has 1 fully saturated rings. The Bertz CT molecular complexity index is 893. The Balaban J connectivity index is 1.55. The molecular weight excluding hydrogens is 426 g/mol. The van der Waals surface area contributed by atoms with Gasteiger partial charge in [0.1, 0.15) is 12.4 Å². The van der Waals surface area contributed by atoms with Gasteiger partial charge < -0.3 is 20.3 Å². The molecule has 0 spiro atoms. The predicted octanol–water partition coefficient (Wildman–Crippen LogP) is 4.76. The molecule has 2 aromatic rings. The van der Waals surface area contributed by atoms with E-state index >= 15 is 0 Å². The number of carbonyl (C=O) groups is 2. The van der Waals surface area contributed by atoms with E-state index in [-0.39, 0.29) is 17.7 Å². The average molecular weight is 466 g/mol. The van der Waals surface area contributed by atoms with Crippen molar-refractivity contribution in [1.29, 1.82) is 0 Å². The second-order valence-electron chi connectivity index (χ2n) is 9.27. The van der Waals surface area contributed by atoms with E-state index in [0.717, 1.165) is 56.6 Å².